The molecule has 0 aromatic heterocycles. The summed E-state index contributed by atoms with van der Waals surface area (Å²) in [6.07, 6.45) is 0. The van der Waals surface area contributed by atoms with Gasteiger partial charge in [0.1, 0.15) is 12.4 Å². The van der Waals surface area contributed by atoms with Gasteiger partial charge in [0.05, 0.1) is 12.7 Å². The van der Waals surface area contributed by atoms with Gasteiger partial charge in [-0.2, -0.15) is 0 Å². The summed E-state index contributed by atoms with van der Waals surface area (Å²) in [6.45, 7) is 0.0715. The van der Waals surface area contributed by atoms with E-state index in [1.54, 1.807) is 24.3 Å². The molecule has 1 unspecified atom stereocenters. The molecule has 0 amide bonds. The third kappa shape index (κ3) is 3.86. The van der Waals surface area contributed by atoms with Gasteiger partial charge in [-0.3, -0.25) is 4.79 Å². The second-order valence-electron chi connectivity index (χ2n) is 4.52. The van der Waals surface area contributed by atoms with Crippen molar-refractivity contribution in [2.75, 3.05) is 7.11 Å². The number of ketones is 1. The van der Waals surface area contributed by atoms with E-state index in [1.165, 1.54) is 7.11 Å². The number of hydrogen-bond donors (Lipinski definition) is 0. The van der Waals surface area contributed by atoms with Crippen LogP contribution in [-0.4, -0.2) is 24.2 Å². The van der Waals surface area contributed by atoms with Crippen molar-refractivity contribution < 1.29 is 19.1 Å². The summed E-state index contributed by atoms with van der Waals surface area (Å²) in [7, 11) is 1.45. The fraction of sp³-hybridized carbons (Fsp3) is 0.176. The number of carbonyl (C=O) groups excluding carboxylic acids is 2. The minimum Gasteiger partial charge on any atom is -0.496 e. The Hall–Kier alpha value is -2.33. The lowest BCUT2D eigenvalue weighted by atomic mass is 10.1. The quantitative estimate of drug-likeness (QED) is 0.355. The Labute approximate surface area is 133 Å². The molecule has 22 heavy (non-hydrogen) atoms. The number of halogens is 1. The van der Waals surface area contributed by atoms with Crippen LogP contribution in [0.1, 0.15) is 15.9 Å². The number of methoxy groups -OCH3 is 1. The number of ether oxygens (including phenoxy) is 2. The second-order valence-corrected chi connectivity index (χ2v) is 4.96. The maximum Gasteiger partial charge on any atom is 0.332 e. The van der Waals surface area contributed by atoms with Gasteiger partial charge in [0.15, 0.2) is 11.2 Å². The highest BCUT2D eigenvalue weighted by Gasteiger charge is 2.28. The van der Waals surface area contributed by atoms with E-state index in [0.717, 1.165) is 5.56 Å². The molecule has 1 atom stereocenters. The largest absolute Gasteiger partial charge is 0.496 e. The summed E-state index contributed by atoms with van der Waals surface area (Å²) < 4.78 is 10.2. The number of para-hydroxylation sites is 1. The van der Waals surface area contributed by atoms with Crippen LogP contribution in [0.25, 0.3) is 0 Å². The van der Waals surface area contributed by atoms with Crippen LogP contribution in [0.5, 0.6) is 5.75 Å². The molecule has 0 heterocycles. The highest BCUT2D eigenvalue weighted by molar-refractivity contribution is 6.43. The molecule has 5 heteroatoms. The van der Waals surface area contributed by atoms with Crippen LogP contribution in [0.4, 0.5) is 0 Å². The fourth-order valence-electron chi connectivity index (χ4n) is 1.89. The first-order chi connectivity index (χ1) is 10.6. The van der Waals surface area contributed by atoms with E-state index < -0.39 is 17.1 Å². The van der Waals surface area contributed by atoms with E-state index in [1.807, 2.05) is 30.3 Å². The zero-order valence-corrected chi connectivity index (χ0v) is 12.7. The fourth-order valence-corrected chi connectivity index (χ4v) is 2.07. The van der Waals surface area contributed by atoms with Crippen LogP contribution in [0.2, 0.25) is 0 Å². The van der Waals surface area contributed by atoms with Gasteiger partial charge < -0.3 is 9.47 Å². The van der Waals surface area contributed by atoms with Crippen LogP contribution >= 0.6 is 11.6 Å². The standard InChI is InChI=1S/C17H15ClO4/c1-21-14-10-6-5-9-13(14)16(19)15(18)17(20)22-11-12-7-3-2-4-8-12/h2-10,15H,11H2,1H3. The zero-order chi connectivity index (χ0) is 15.9. The van der Waals surface area contributed by atoms with Gasteiger partial charge in [0.25, 0.3) is 0 Å². The Morgan fingerprint density at radius 3 is 2.36 bits per heavy atom. The second kappa shape index (κ2) is 7.61. The normalized spacial score (nSPS) is 11.5. The summed E-state index contributed by atoms with van der Waals surface area (Å²) in [5.74, 6) is -0.951. The number of carbonyl (C=O) groups is 2. The van der Waals surface area contributed by atoms with Crippen LogP contribution in [0.15, 0.2) is 54.6 Å². The maximum atomic E-state index is 12.3. The van der Waals surface area contributed by atoms with E-state index in [9.17, 15) is 9.59 Å². The Kier molecular flexibility index (Phi) is 5.55. The molecule has 0 fully saturated rings. The predicted molar refractivity (Wildman–Crippen MR) is 83.2 cm³/mol. The van der Waals surface area contributed by atoms with Gasteiger partial charge in [-0.15, -0.1) is 11.6 Å². The number of benzene rings is 2. The summed E-state index contributed by atoms with van der Waals surface area (Å²) in [6, 6.07) is 15.8. The number of alkyl halides is 1. The summed E-state index contributed by atoms with van der Waals surface area (Å²) in [5.41, 5.74) is 1.08. The van der Waals surface area contributed by atoms with Crippen LogP contribution in [0.3, 0.4) is 0 Å². The Balaban J connectivity index is 2.02. The van der Waals surface area contributed by atoms with Crippen molar-refractivity contribution in [3.63, 3.8) is 0 Å². The molecule has 0 aliphatic heterocycles. The molecule has 0 spiro atoms. The molecule has 0 N–H and O–H groups in total. The number of rotatable bonds is 6. The Morgan fingerprint density at radius 1 is 1.05 bits per heavy atom. The number of esters is 1. The lowest BCUT2D eigenvalue weighted by Crippen LogP contribution is -2.27. The SMILES string of the molecule is COc1ccccc1C(=O)C(Cl)C(=O)OCc1ccccc1. The first kappa shape index (κ1) is 16.0. The molecule has 2 rings (SSSR count). The van der Waals surface area contributed by atoms with E-state index >= 15 is 0 Å². The van der Waals surface area contributed by atoms with Crippen molar-refractivity contribution in [1.82, 2.24) is 0 Å². The van der Waals surface area contributed by atoms with Crippen LogP contribution in [0, 0.1) is 0 Å². The molecule has 0 aliphatic rings. The topological polar surface area (TPSA) is 52.6 Å². The van der Waals surface area contributed by atoms with Gasteiger partial charge in [-0.1, -0.05) is 42.5 Å². The van der Waals surface area contributed by atoms with Crippen molar-refractivity contribution in [3.05, 3.63) is 65.7 Å². The molecular weight excluding hydrogens is 304 g/mol. The first-order valence-electron chi connectivity index (χ1n) is 6.65. The van der Waals surface area contributed by atoms with Crippen LogP contribution in [-0.2, 0) is 16.1 Å². The number of Topliss-reactive ketones (excluding diaryl/α,β-unsaturated/α-hetero) is 1. The molecule has 4 nitrogen and oxygen atoms in total. The monoisotopic (exact) mass is 318 g/mol. The molecule has 0 radical (unpaired) electrons. The lowest BCUT2D eigenvalue weighted by Gasteiger charge is -2.11. The highest BCUT2D eigenvalue weighted by atomic mass is 35.5. The summed E-state index contributed by atoms with van der Waals surface area (Å²) in [4.78, 5) is 24.2. The first-order valence-corrected chi connectivity index (χ1v) is 7.09. The van der Waals surface area contributed by atoms with Crippen molar-refractivity contribution in [2.45, 2.75) is 12.0 Å². The van der Waals surface area contributed by atoms with Crippen molar-refractivity contribution >= 4 is 23.4 Å². The molecule has 2 aromatic carbocycles. The molecular formula is C17H15ClO4. The predicted octanol–water partition coefficient (Wildman–Crippen LogP) is 3.23. The molecule has 0 saturated heterocycles. The summed E-state index contributed by atoms with van der Waals surface area (Å²) >= 11 is 5.93. The molecule has 114 valence electrons. The minimum absolute atomic E-state index is 0.0715. The molecule has 0 saturated carbocycles. The maximum absolute atomic E-state index is 12.3. The van der Waals surface area contributed by atoms with Crippen molar-refractivity contribution in [1.29, 1.82) is 0 Å². The van der Waals surface area contributed by atoms with Crippen molar-refractivity contribution in [3.8, 4) is 5.75 Å². The minimum atomic E-state index is -1.40. The Morgan fingerprint density at radius 2 is 1.68 bits per heavy atom. The van der Waals surface area contributed by atoms with Gasteiger partial charge >= 0.3 is 5.97 Å². The third-order valence-electron chi connectivity index (χ3n) is 3.03. The zero-order valence-electron chi connectivity index (χ0n) is 12.0. The third-order valence-corrected chi connectivity index (χ3v) is 3.41. The van der Waals surface area contributed by atoms with E-state index in [0.29, 0.717) is 5.75 Å². The van der Waals surface area contributed by atoms with Gasteiger partial charge in [-0.05, 0) is 17.7 Å². The smallest absolute Gasteiger partial charge is 0.332 e. The highest BCUT2D eigenvalue weighted by Crippen LogP contribution is 2.21. The molecule has 0 bridgehead atoms. The van der Waals surface area contributed by atoms with Crippen molar-refractivity contribution in [2.24, 2.45) is 0 Å². The van der Waals surface area contributed by atoms with Gasteiger partial charge in [0, 0.05) is 0 Å². The van der Waals surface area contributed by atoms with Gasteiger partial charge in [0.2, 0.25) is 0 Å². The van der Waals surface area contributed by atoms with Gasteiger partial charge in [-0.25, -0.2) is 4.79 Å². The number of hydrogen-bond acceptors (Lipinski definition) is 4. The Bertz CT molecular complexity index is 655. The van der Waals surface area contributed by atoms with Crippen LogP contribution < -0.4 is 4.74 Å². The lowest BCUT2D eigenvalue weighted by molar-refractivity contribution is -0.143. The van der Waals surface area contributed by atoms with E-state index in [4.69, 9.17) is 21.1 Å². The molecule has 0 aliphatic carbocycles. The van der Waals surface area contributed by atoms with E-state index in [2.05, 4.69) is 0 Å². The molecule has 2 aromatic rings. The van der Waals surface area contributed by atoms with E-state index in [-0.39, 0.29) is 12.2 Å². The average Bonchev–Trinajstić information content (AvgIpc) is 2.59. The summed E-state index contributed by atoms with van der Waals surface area (Å²) in [5, 5.41) is -1.40. The average molecular weight is 319 g/mol.